The van der Waals surface area contributed by atoms with Gasteiger partial charge in [-0.25, -0.2) is 0 Å². The Morgan fingerprint density at radius 2 is 2.06 bits per heavy atom. The van der Waals surface area contributed by atoms with Gasteiger partial charge in [-0.15, -0.1) is 0 Å². The lowest BCUT2D eigenvalue weighted by Crippen LogP contribution is -2.26. The molecule has 1 fully saturated rings. The SMILES string of the molecule is CCC1CCN(c2ccc(OC)cc2)C1=O. The number of carbonyl (C=O) groups excluding carboxylic acids is 1. The number of ether oxygens (including phenoxy) is 1. The first-order chi connectivity index (χ1) is 7.76. The van der Waals surface area contributed by atoms with Crippen LogP contribution in [0.3, 0.4) is 0 Å². The summed E-state index contributed by atoms with van der Waals surface area (Å²) in [7, 11) is 1.64. The molecule has 1 saturated heterocycles. The van der Waals surface area contributed by atoms with E-state index in [4.69, 9.17) is 4.74 Å². The van der Waals surface area contributed by atoms with Crippen LogP contribution in [0.4, 0.5) is 5.69 Å². The number of benzene rings is 1. The summed E-state index contributed by atoms with van der Waals surface area (Å²) in [6.45, 7) is 2.91. The number of rotatable bonds is 3. The minimum Gasteiger partial charge on any atom is -0.497 e. The molecule has 1 aliphatic rings. The van der Waals surface area contributed by atoms with Crippen LogP contribution in [0, 0.1) is 5.92 Å². The van der Waals surface area contributed by atoms with Crippen molar-refractivity contribution in [3.8, 4) is 5.75 Å². The van der Waals surface area contributed by atoms with E-state index in [-0.39, 0.29) is 11.8 Å². The monoisotopic (exact) mass is 219 g/mol. The van der Waals surface area contributed by atoms with Crippen LogP contribution in [0.25, 0.3) is 0 Å². The van der Waals surface area contributed by atoms with Crippen LogP contribution >= 0.6 is 0 Å². The van der Waals surface area contributed by atoms with Gasteiger partial charge in [-0.3, -0.25) is 4.79 Å². The standard InChI is InChI=1S/C13H17NO2/c1-3-10-8-9-14(13(10)15)11-4-6-12(16-2)7-5-11/h4-7,10H,3,8-9H2,1-2H3. The van der Waals surface area contributed by atoms with Crippen molar-refractivity contribution in [1.82, 2.24) is 0 Å². The van der Waals surface area contributed by atoms with Gasteiger partial charge in [-0.1, -0.05) is 6.92 Å². The topological polar surface area (TPSA) is 29.5 Å². The molecule has 1 amide bonds. The average Bonchev–Trinajstić information content (AvgIpc) is 2.70. The van der Waals surface area contributed by atoms with Crippen LogP contribution < -0.4 is 9.64 Å². The first kappa shape index (κ1) is 11.0. The second kappa shape index (κ2) is 4.56. The third-order valence-corrected chi connectivity index (χ3v) is 3.19. The second-order valence-electron chi connectivity index (χ2n) is 4.08. The summed E-state index contributed by atoms with van der Waals surface area (Å²) in [4.78, 5) is 13.9. The van der Waals surface area contributed by atoms with E-state index in [0.29, 0.717) is 0 Å². The summed E-state index contributed by atoms with van der Waals surface area (Å²) >= 11 is 0. The van der Waals surface area contributed by atoms with Crippen LogP contribution in [-0.2, 0) is 4.79 Å². The smallest absolute Gasteiger partial charge is 0.230 e. The summed E-state index contributed by atoms with van der Waals surface area (Å²) in [6, 6.07) is 7.66. The average molecular weight is 219 g/mol. The molecule has 1 unspecified atom stereocenters. The number of anilines is 1. The molecule has 16 heavy (non-hydrogen) atoms. The molecule has 3 heteroatoms. The summed E-state index contributed by atoms with van der Waals surface area (Å²) in [6.07, 6.45) is 1.91. The number of amides is 1. The molecule has 1 heterocycles. The Kier molecular flexibility index (Phi) is 3.13. The fourth-order valence-corrected chi connectivity index (χ4v) is 2.14. The van der Waals surface area contributed by atoms with Crippen LogP contribution in [0.5, 0.6) is 5.75 Å². The highest BCUT2D eigenvalue weighted by molar-refractivity contribution is 5.97. The first-order valence-electron chi connectivity index (χ1n) is 5.71. The normalized spacial score (nSPS) is 20.2. The number of methoxy groups -OCH3 is 1. The minimum absolute atomic E-state index is 0.210. The molecule has 0 bridgehead atoms. The van der Waals surface area contributed by atoms with Crippen molar-refractivity contribution in [3.05, 3.63) is 24.3 Å². The molecule has 0 aliphatic carbocycles. The minimum atomic E-state index is 0.210. The lowest BCUT2D eigenvalue weighted by molar-refractivity contribution is -0.120. The van der Waals surface area contributed by atoms with Gasteiger partial charge in [0.1, 0.15) is 5.75 Å². The quantitative estimate of drug-likeness (QED) is 0.781. The zero-order chi connectivity index (χ0) is 11.5. The third kappa shape index (κ3) is 1.90. The van der Waals surface area contributed by atoms with E-state index in [9.17, 15) is 4.79 Å². The Labute approximate surface area is 96.0 Å². The van der Waals surface area contributed by atoms with Crippen LogP contribution in [0.15, 0.2) is 24.3 Å². The molecular weight excluding hydrogens is 202 g/mol. The van der Waals surface area contributed by atoms with Crippen molar-refractivity contribution >= 4 is 11.6 Å². The van der Waals surface area contributed by atoms with Crippen LogP contribution in [-0.4, -0.2) is 19.6 Å². The highest BCUT2D eigenvalue weighted by atomic mass is 16.5. The molecule has 0 aromatic heterocycles. The fourth-order valence-electron chi connectivity index (χ4n) is 2.14. The molecule has 0 spiro atoms. The van der Waals surface area contributed by atoms with Crippen molar-refractivity contribution in [2.75, 3.05) is 18.6 Å². The van der Waals surface area contributed by atoms with Gasteiger partial charge in [0.15, 0.2) is 0 Å². The van der Waals surface area contributed by atoms with E-state index < -0.39 is 0 Å². The van der Waals surface area contributed by atoms with Gasteiger partial charge in [-0.05, 0) is 37.1 Å². The summed E-state index contributed by atoms with van der Waals surface area (Å²) in [5.74, 6) is 1.29. The molecule has 0 N–H and O–H groups in total. The molecule has 1 aliphatic heterocycles. The van der Waals surface area contributed by atoms with Crippen LogP contribution in [0.2, 0.25) is 0 Å². The maximum atomic E-state index is 12.0. The molecular formula is C13H17NO2. The lowest BCUT2D eigenvalue weighted by Gasteiger charge is -2.16. The van der Waals surface area contributed by atoms with Crippen molar-refractivity contribution in [2.24, 2.45) is 5.92 Å². The van der Waals surface area contributed by atoms with E-state index in [1.54, 1.807) is 7.11 Å². The number of hydrogen-bond donors (Lipinski definition) is 0. The molecule has 1 atom stereocenters. The van der Waals surface area contributed by atoms with E-state index in [1.807, 2.05) is 29.2 Å². The van der Waals surface area contributed by atoms with Gasteiger partial charge in [0.25, 0.3) is 0 Å². The maximum absolute atomic E-state index is 12.0. The third-order valence-electron chi connectivity index (χ3n) is 3.19. The molecule has 0 saturated carbocycles. The van der Waals surface area contributed by atoms with Crippen molar-refractivity contribution in [3.63, 3.8) is 0 Å². The van der Waals surface area contributed by atoms with E-state index >= 15 is 0 Å². The first-order valence-corrected chi connectivity index (χ1v) is 5.71. The molecule has 86 valence electrons. The highest BCUT2D eigenvalue weighted by Crippen LogP contribution is 2.28. The summed E-state index contributed by atoms with van der Waals surface area (Å²) < 4.78 is 5.10. The summed E-state index contributed by atoms with van der Waals surface area (Å²) in [5.41, 5.74) is 0.974. The molecule has 0 radical (unpaired) electrons. The molecule has 1 aromatic rings. The largest absolute Gasteiger partial charge is 0.497 e. The van der Waals surface area contributed by atoms with E-state index in [2.05, 4.69) is 6.92 Å². The summed E-state index contributed by atoms with van der Waals surface area (Å²) in [5, 5.41) is 0. The second-order valence-corrected chi connectivity index (χ2v) is 4.08. The zero-order valence-corrected chi connectivity index (χ0v) is 9.77. The van der Waals surface area contributed by atoms with Gasteiger partial charge in [-0.2, -0.15) is 0 Å². The lowest BCUT2D eigenvalue weighted by atomic mass is 10.1. The predicted octanol–water partition coefficient (Wildman–Crippen LogP) is 2.46. The van der Waals surface area contributed by atoms with Crippen molar-refractivity contribution in [1.29, 1.82) is 0 Å². The van der Waals surface area contributed by atoms with Gasteiger partial charge in [0.2, 0.25) is 5.91 Å². The number of carbonyl (C=O) groups is 1. The van der Waals surface area contributed by atoms with Gasteiger partial charge < -0.3 is 9.64 Å². The van der Waals surface area contributed by atoms with Crippen molar-refractivity contribution < 1.29 is 9.53 Å². The Bertz CT molecular complexity index is 372. The number of hydrogen-bond acceptors (Lipinski definition) is 2. The predicted molar refractivity (Wildman–Crippen MR) is 63.7 cm³/mol. The van der Waals surface area contributed by atoms with Crippen LogP contribution in [0.1, 0.15) is 19.8 Å². The van der Waals surface area contributed by atoms with Gasteiger partial charge in [0, 0.05) is 18.2 Å². The Morgan fingerprint density at radius 1 is 1.38 bits per heavy atom. The Balaban J connectivity index is 2.16. The fraction of sp³-hybridized carbons (Fsp3) is 0.462. The Morgan fingerprint density at radius 3 is 2.56 bits per heavy atom. The zero-order valence-electron chi connectivity index (χ0n) is 9.77. The molecule has 1 aromatic carbocycles. The molecule has 3 nitrogen and oxygen atoms in total. The van der Waals surface area contributed by atoms with Crippen molar-refractivity contribution in [2.45, 2.75) is 19.8 Å². The van der Waals surface area contributed by atoms with E-state index in [1.165, 1.54) is 0 Å². The highest BCUT2D eigenvalue weighted by Gasteiger charge is 2.30. The number of nitrogens with zero attached hydrogens (tertiary/aromatic N) is 1. The van der Waals surface area contributed by atoms with E-state index in [0.717, 1.165) is 30.8 Å². The van der Waals surface area contributed by atoms with Gasteiger partial charge in [0.05, 0.1) is 7.11 Å². The maximum Gasteiger partial charge on any atom is 0.230 e. The van der Waals surface area contributed by atoms with Gasteiger partial charge >= 0.3 is 0 Å². The molecule has 2 rings (SSSR count). The Hall–Kier alpha value is -1.51.